The molecular formula is C8H17NO5. The highest BCUT2D eigenvalue weighted by molar-refractivity contribution is 4.34. The first-order valence-corrected chi connectivity index (χ1v) is 4.72. The van der Waals surface area contributed by atoms with Gasteiger partial charge in [0, 0.05) is 0 Å². The van der Waals surface area contributed by atoms with Crippen molar-refractivity contribution in [3.8, 4) is 0 Å². The topological polar surface area (TPSA) is 58.2 Å². The van der Waals surface area contributed by atoms with Gasteiger partial charge in [-0.1, -0.05) is 5.64 Å². The first kappa shape index (κ1) is 11.8. The summed E-state index contributed by atoms with van der Waals surface area (Å²) in [4.78, 5) is 9.77. The summed E-state index contributed by atoms with van der Waals surface area (Å²) in [6.45, 7) is 4.27. The Labute approximate surface area is 83.3 Å². The second-order valence-electron chi connectivity index (χ2n) is 2.62. The Kier molecular flexibility index (Phi) is 7.88. The molecule has 0 unspecified atom stereocenters. The maximum absolute atomic E-state index is 5.23. The minimum Gasteiger partial charge on any atom is -0.377 e. The van der Waals surface area contributed by atoms with Gasteiger partial charge in [-0.15, -0.1) is 0 Å². The van der Waals surface area contributed by atoms with E-state index < -0.39 is 0 Å². The van der Waals surface area contributed by atoms with Crippen LogP contribution in [0.5, 0.6) is 0 Å². The highest BCUT2D eigenvalue weighted by Gasteiger charge is 1.94. The van der Waals surface area contributed by atoms with Gasteiger partial charge in [0.2, 0.25) is 0 Å². The predicted octanol–water partition coefficient (Wildman–Crippen LogP) is -0.497. The van der Waals surface area contributed by atoms with E-state index in [0.717, 1.165) is 0 Å². The lowest BCUT2D eigenvalue weighted by molar-refractivity contribution is -0.186. The third-order valence-corrected chi connectivity index (χ3v) is 1.52. The van der Waals surface area contributed by atoms with E-state index in [-0.39, 0.29) is 0 Å². The summed E-state index contributed by atoms with van der Waals surface area (Å²) in [5.41, 5.74) is 2.35. The lowest BCUT2D eigenvalue weighted by atomic mass is 10.7. The second-order valence-corrected chi connectivity index (χ2v) is 2.62. The molecule has 14 heavy (non-hydrogen) atoms. The van der Waals surface area contributed by atoms with Crippen LogP contribution in [0.15, 0.2) is 0 Å². The fourth-order valence-corrected chi connectivity index (χ4v) is 0.868. The second kappa shape index (κ2) is 9.32. The number of hydrogen-bond donors (Lipinski definition) is 1. The SMILES string of the molecule is C1COCCONOCCOCCO1. The Morgan fingerprint density at radius 1 is 0.500 bits per heavy atom. The minimum absolute atomic E-state index is 0.445. The van der Waals surface area contributed by atoms with Crippen molar-refractivity contribution in [3.05, 3.63) is 0 Å². The van der Waals surface area contributed by atoms with E-state index in [4.69, 9.17) is 23.9 Å². The molecular weight excluding hydrogens is 190 g/mol. The molecule has 0 spiro atoms. The summed E-state index contributed by atoms with van der Waals surface area (Å²) in [6, 6.07) is 0. The molecule has 0 aromatic carbocycles. The van der Waals surface area contributed by atoms with E-state index in [0.29, 0.717) is 52.9 Å². The third kappa shape index (κ3) is 7.19. The lowest BCUT2D eigenvalue weighted by Gasteiger charge is -2.10. The van der Waals surface area contributed by atoms with E-state index in [1.807, 2.05) is 0 Å². The summed E-state index contributed by atoms with van der Waals surface area (Å²) in [6.07, 6.45) is 0. The molecule has 0 radical (unpaired) electrons. The maximum atomic E-state index is 5.23. The Balaban J connectivity index is 2.00. The summed E-state index contributed by atoms with van der Waals surface area (Å²) >= 11 is 0. The summed E-state index contributed by atoms with van der Waals surface area (Å²) in [7, 11) is 0. The van der Waals surface area contributed by atoms with Crippen molar-refractivity contribution < 1.29 is 23.9 Å². The van der Waals surface area contributed by atoms with Crippen LogP contribution in [0.4, 0.5) is 0 Å². The zero-order valence-corrected chi connectivity index (χ0v) is 8.20. The van der Waals surface area contributed by atoms with Gasteiger partial charge < -0.3 is 14.2 Å². The molecule has 84 valence electrons. The molecule has 0 aliphatic carbocycles. The predicted molar refractivity (Wildman–Crippen MR) is 47.5 cm³/mol. The molecule has 1 aliphatic heterocycles. The first-order chi connectivity index (χ1) is 7.00. The highest BCUT2D eigenvalue weighted by atomic mass is 16.9. The van der Waals surface area contributed by atoms with Gasteiger partial charge in [-0.3, -0.25) is 9.68 Å². The molecule has 0 aromatic rings. The first-order valence-electron chi connectivity index (χ1n) is 4.72. The van der Waals surface area contributed by atoms with Crippen LogP contribution in [0.25, 0.3) is 0 Å². The van der Waals surface area contributed by atoms with Crippen LogP contribution in [0.3, 0.4) is 0 Å². The Morgan fingerprint density at radius 3 is 1.29 bits per heavy atom. The van der Waals surface area contributed by atoms with Crippen LogP contribution in [0.1, 0.15) is 0 Å². The molecule has 1 heterocycles. The third-order valence-electron chi connectivity index (χ3n) is 1.52. The molecule has 1 rings (SSSR count). The quantitative estimate of drug-likeness (QED) is 0.578. The van der Waals surface area contributed by atoms with E-state index in [1.165, 1.54) is 0 Å². The number of hydrogen-bond acceptors (Lipinski definition) is 6. The van der Waals surface area contributed by atoms with Crippen LogP contribution in [0.2, 0.25) is 0 Å². The van der Waals surface area contributed by atoms with Crippen molar-refractivity contribution in [1.82, 2.24) is 5.64 Å². The van der Waals surface area contributed by atoms with E-state index in [2.05, 4.69) is 5.64 Å². The van der Waals surface area contributed by atoms with Crippen molar-refractivity contribution in [2.45, 2.75) is 0 Å². The van der Waals surface area contributed by atoms with Crippen molar-refractivity contribution in [2.75, 3.05) is 52.9 Å². The van der Waals surface area contributed by atoms with Gasteiger partial charge in [-0.2, -0.15) is 0 Å². The molecule has 6 nitrogen and oxygen atoms in total. The smallest absolute Gasteiger partial charge is 0.0942 e. The van der Waals surface area contributed by atoms with Gasteiger partial charge >= 0.3 is 0 Å². The molecule has 1 saturated heterocycles. The molecule has 1 aliphatic rings. The van der Waals surface area contributed by atoms with Crippen LogP contribution in [-0.4, -0.2) is 52.9 Å². The van der Waals surface area contributed by atoms with Crippen molar-refractivity contribution in [1.29, 1.82) is 0 Å². The molecule has 0 saturated carbocycles. The standard InChI is InChI=1S/C8H17NO5/c1-3-11-5-7-13-9-14-8-6-12-4-2-10-1/h9H,1-8H2. The fraction of sp³-hybridized carbons (Fsp3) is 1.00. The highest BCUT2D eigenvalue weighted by Crippen LogP contribution is 1.83. The summed E-state index contributed by atoms with van der Waals surface area (Å²) < 4.78 is 15.6. The van der Waals surface area contributed by atoms with Gasteiger partial charge in [0.05, 0.1) is 52.9 Å². The van der Waals surface area contributed by atoms with Crippen LogP contribution in [-0.2, 0) is 23.9 Å². The average Bonchev–Trinajstić information content (AvgIpc) is 2.22. The largest absolute Gasteiger partial charge is 0.377 e. The van der Waals surface area contributed by atoms with Gasteiger partial charge in [-0.05, 0) is 0 Å². The fourth-order valence-electron chi connectivity index (χ4n) is 0.868. The summed E-state index contributed by atoms with van der Waals surface area (Å²) in [5.74, 6) is 0. The minimum atomic E-state index is 0.445. The number of nitrogens with one attached hydrogen (secondary N) is 1. The number of rotatable bonds is 0. The average molecular weight is 207 g/mol. The van der Waals surface area contributed by atoms with Gasteiger partial charge in [0.15, 0.2) is 0 Å². The van der Waals surface area contributed by atoms with E-state index >= 15 is 0 Å². The van der Waals surface area contributed by atoms with Crippen LogP contribution >= 0.6 is 0 Å². The summed E-state index contributed by atoms with van der Waals surface area (Å²) in [5, 5.41) is 0. The molecule has 6 heteroatoms. The van der Waals surface area contributed by atoms with Crippen LogP contribution in [0, 0.1) is 0 Å². The van der Waals surface area contributed by atoms with Gasteiger partial charge in [-0.25, -0.2) is 0 Å². The molecule has 1 fully saturated rings. The molecule has 0 atom stereocenters. The van der Waals surface area contributed by atoms with Gasteiger partial charge in [0.25, 0.3) is 0 Å². The number of ether oxygens (including phenoxy) is 3. The molecule has 0 bridgehead atoms. The zero-order chi connectivity index (χ0) is 9.90. The lowest BCUT2D eigenvalue weighted by Crippen LogP contribution is -2.22. The van der Waals surface area contributed by atoms with Crippen molar-refractivity contribution in [3.63, 3.8) is 0 Å². The maximum Gasteiger partial charge on any atom is 0.0942 e. The molecule has 0 amide bonds. The Morgan fingerprint density at radius 2 is 0.857 bits per heavy atom. The van der Waals surface area contributed by atoms with Crippen LogP contribution < -0.4 is 5.64 Å². The zero-order valence-electron chi connectivity index (χ0n) is 8.20. The Bertz CT molecular complexity index is 71.0. The molecule has 0 aromatic heterocycles. The molecule has 1 N–H and O–H groups in total. The van der Waals surface area contributed by atoms with E-state index in [1.54, 1.807) is 0 Å². The van der Waals surface area contributed by atoms with Crippen molar-refractivity contribution in [2.24, 2.45) is 0 Å². The van der Waals surface area contributed by atoms with Crippen molar-refractivity contribution >= 4 is 0 Å². The van der Waals surface area contributed by atoms with E-state index in [9.17, 15) is 0 Å². The monoisotopic (exact) mass is 207 g/mol. The Hall–Kier alpha value is -0.240. The normalized spacial score (nSPS) is 24.0. The van der Waals surface area contributed by atoms with Gasteiger partial charge in [0.1, 0.15) is 0 Å².